The van der Waals surface area contributed by atoms with Gasteiger partial charge in [-0.2, -0.15) is 0 Å². The molecule has 0 bridgehead atoms. The van der Waals surface area contributed by atoms with Gasteiger partial charge in [0, 0.05) is 23.6 Å². The van der Waals surface area contributed by atoms with Gasteiger partial charge in [-0.3, -0.25) is 9.98 Å². The molecule has 2 N–H and O–H groups in total. The summed E-state index contributed by atoms with van der Waals surface area (Å²) >= 11 is 0. The Labute approximate surface area is 135 Å². The van der Waals surface area contributed by atoms with Gasteiger partial charge in [-0.1, -0.05) is 24.3 Å². The molecule has 0 amide bonds. The largest absolute Gasteiger partial charge is 0.507 e. The van der Waals surface area contributed by atoms with Crippen molar-refractivity contribution in [2.24, 2.45) is 9.98 Å². The molecule has 0 saturated heterocycles. The fourth-order valence-corrected chi connectivity index (χ4v) is 2.77. The molecule has 1 saturated carbocycles. The fraction of sp³-hybridized carbons (Fsp3) is 0.263. The number of rotatable bonds is 4. The number of para-hydroxylation sites is 2. The summed E-state index contributed by atoms with van der Waals surface area (Å²) < 4.78 is 0. The number of hydrogen-bond donors (Lipinski definition) is 2. The van der Waals surface area contributed by atoms with Crippen LogP contribution in [0.5, 0.6) is 11.5 Å². The summed E-state index contributed by atoms with van der Waals surface area (Å²) in [5.41, 5.74) is 1.49. The summed E-state index contributed by atoms with van der Waals surface area (Å²) in [6.45, 7) is 0. The van der Waals surface area contributed by atoms with E-state index < -0.39 is 0 Å². The fourth-order valence-electron chi connectivity index (χ4n) is 2.77. The maximum atomic E-state index is 9.73. The summed E-state index contributed by atoms with van der Waals surface area (Å²) in [6, 6.07) is 14.9. The van der Waals surface area contributed by atoms with Crippen molar-refractivity contribution in [3.8, 4) is 11.5 Å². The van der Waals surface area contributed by atoms with Crippen molar-refractivity contribution in [2.45, 2.75) is 31.3 Å². The minimum Gasteiger partial charge on any atom is -0.507 e. The predicted molar refractivity (Wildman–Crippen MR) is 92.8 cm³/mol. The van der Waals surface area contributed by atoms with Gasteiger partial charge in [0.15, 0.2) is 0 Å². The highest BCUT2D eigenvalue weighted by atomic mass is 16.3. The van der Waals surface area contributed by atoms with E-state index in [1.807, 2.05) is 24.3 Å². The van der Waals surface area contributed by atoms with E-state index in [1.54, 1.807) is 36.7 Å². The van der Waals surface area contributed by atoms with Crippen LogP contribution in [0, 0.1) is 0 Å². The maximum absolute atomic E-state index is 9.73. The van der Waals surface area contributed by atoms with E-state index in [0.717, 1.165) is 30.4 Å². The van der Waals surface area contributed by atoms with Gasteiger partial charge in [-0.15, -0.1) is 0 Å². The van der Waals surface area contributed by atoms with Crippen molar-refractivity contribution in [3.05, 3.63) is 59.7 Å². The van der Waals surface area contributed by atoms with E-state index in [4.69, 9.17) is 0 Å². The minimum atomic E-state index is 0.237. The first-order chi connectivity index (χ1) is 11.2. The van der Waals surface area contributed by atoms with Gasteiger partial charge in [-0.05, 0) is 43.5 Å². The summed E-state index contributed by atoms with van der Waals surface area (Å²) in [6.07, 6.45) is 6.37. The first-order valence-electron chi connectivity index (χ1n) is 7.85. The van der Waals surface area contributed by atoms with E-state index in [1.165, 1.54) is 0 Å². The lowest BCUT2D eigenvalue weighted by Crippen LogP contribution is -2.02. The molecule has 0 spiro atoms. The molecule has 4 nitrogen and oxygen atoms in total. The van der Waals surface area contributed by atoms with Crippen molar-refractivity contribution in [3.63, 3.8) is 0 Å². The van der Waals surface area contributed by atoms with Crippen molar-refractivity contribution in [1.82, 2.24) is 0 Å². The van der Waals surface area contributed by atoms with E-state index in [2.05, 4.69) is 9.98 Å². The van der Waals surface area contributed by atoms with Gasteiger partial charge in [0.25, 0.3) is 0 Å². The van der Waals surface area contributed by atoms with Gasteiger partial charge < -0.3 is 10.2 Å². The number of phenols is 2. The Hall–Kier alpha value is -2.62. The molecule has 2 unspecified atom stereocenters. The van der Waals surface area contributed by atoms with Crippen molar-refractivity contribution in [2.75, 3.05) is 0 Å². The summed E-state index contributed by atoms with van der Waals surface area (Å²) in [7, 11) is 0. The Morgan fingerprint density at radius 3 is 1.61 bits per heavy atom. The van der Waals surface area contributed by atoms with Crippen LogP contribution in [0.15, 0.2) is 58.5 Å². The van der Waals surface area contributed by atoms with Gasteiger partial charge in [-0.25, -0.2) is 0 Å². The number of hydrogen-bond acceptors (Lipinski definition) is 4. The zero-order valence-corrected chi connectivity index (χ0v) is 12.8. The van der Waals surface area contributed by atoms with E-state index in [-0.39, 0.29) is 23.6 Å². The Morgan fingerprint density at radius 2 is 1.17 bits per heavy atom. The molecular formula is C19H20N2O2. The summed E-state index contributed by atoms with van der Waals surface area (Å²) in [4.78, 5) is 9.14. The molecule has 3 rings (SSSR count). The van der Waals surface area contributed by atoms with Gasteiger partial charge >= 0.3 is 0 Å². The molecule has 2 aromatic carbocycles. The Kier molecular flexibility index (Phi) is 4.71. The van der Waals surface area contributed by atoms with Crippen LogP contribution in [0.1, 0.15) is 30.4 Å². The molecule has 2 atom stereocenters. The van der Waals surface area contributed by atoms with E-state index in [0.29, 0.717) is 0 Å². The van der Waals surface area contributed by atoms with Crippen LogP contribution in [0.4, 0.5) is 0 Å². The van der Waals surface area contributed by atoms with Crippen LogP contribution in [-0.4, -0.2) is 34.7 Å². The number of nitrogens with zero attached hydrogens (tertiary/aromatic N) is 2. The average Bonchev–Trinajstić information content (AvgIpc) is 3.01. The molecular weight excluding hydrogens is 288 g/mol. The highest BCUT2D eigenvalue weighted by Gasteiger charge is 2.22. The zero-order valence-electron chi connectivity index (χ0n) is 12.8. The lowest BCUT2D eigenvalue weighted by atomic mass is 10.2. The molecule has 0 aliphatic heterocycles. The monoisotopic (exact) mass is 308 g/mol. The molecule has 4 heteroatoms. The second-order valence-electron chi connectivity index (χ2n) is 5.79. The normalized spacial score (nSPS) is 21.4. The molecule has 1 aliphatic carbocycles. The highest BCUT2D eigenvalue weighted by molar-refractivity contribution is 5.84. The van der Waals surface area contributed by atoms with Crippen molar-refractivity contribution in [1.29, 1.82) is 0 Å². The van der Waals surface area contributed by atoms with Crippen LogP contribution < -0.4 is 0 Å². The third kappa shape index (κ3) is 3.97. The van der Waals surface area contributed by atoms with Gasteiger partial charge in [0.1, 0.15) is 11.5 Å². The van der Waals surface area contributed by atoms with Gasteiger partial charge in [0.2, 0.25) is 0 Å². The molecule has 118 valence electrons. The number of phenolic OH excluding ortho intramolecular Hbond substituents is 2. The minimum absolute atomic E-state index is 0.237. The maximum Gasteiger partial charge on any atom is 0.124 e. The highest BCUT2D eigenvalue weighted by Crippen LogP contribution is 2.25. The van der Waals surface area contributed by atoms with Crippen LogP contribution in [0.3, 0.4) is 0 Å². The molecule has 23 heavy (non-hydrogen) atoms. The lowest BCUT2D eigenvalue weighted by Gasteiger charge is -2.04. The first-order valence-corrected chi connectivity index (χ1v) is 7.85. The smallest absolute Gasteiger partial charge is 0.124 e. The topological polar surface area (TPSA) is 65.2 Å². The number of aliphatic imine (C=N–C) groups is 2. The van der Waals surface area contributed by atoms with Crippen molar-refractivity contribution < 1.29 is 10.2 Å². The van der Waals surface area contributed by atoms with Gasteiger partial charge in [0.05, 0.1) is 12.1 Å². The molecule has 0 heterocycles. The third-order valence-electron chi connectivity index (χ3n) is 4.10. The lowest BCUT2D eigenvalue weighted by molar-refractivity contribution is 0.474. The standard InChI is InChI=1S/C19H20N2O2/c22-18-7-3-1-5-14(18)12-20-16-9-10-17(11-16)21-13-15-6-2-4-8-19(15)23/h1-8,12-13,16-17,22-23H,9-11H2. The summed E-state index contributed by atoms with van der Waals surface area (Å²) in [5, 5.41) is 19.5. The third-order valence-corrected chi connectivity index (χ3v) is 4.10. The predicted octanol–water partition coefficient (Wildman–Crippen LogP) is 3.56. The van der Waals surface area contributed by atoms with Crippen LogP contribution in [0.25, 0.3) is 0 Å². The SMILES string of the molecule is Oc1ccccc1C=NC1CCC(N=Cc2ccccc2O)C1. The molecule has 2 aromatic rings. The first kappa shape index (κ1) is 15.3. The second kappa shape index (κ2) is 7.09. The summed E-state index contributed by atoms with van der Waals surface area (Å²) in [5.74, 6) is 0.506. The zero-order chi connectivity index (χ0) is 16.1. The van der Waals surface area contributed by atoms with Crippen molar-refractivity contribution >= 4 is 12.4 Å². The van der Waals surface area contributed by atoms with E-state index in [9.17, 15) is 10.2 Å². The molecule has 1 fully saturated rings. The molecule has 0 aromatic heterocycles. The molecule has 0 radical (unpaired) electrons. The van der Waals surface area contributed by atoms with E-state index >= 15 is 0 Å². The quantitative estimate of drug-likeness (QED) is 0.848. The Morgan fingerprint density at radius 1 is 0.739 bits per heavy atom. The number of benzene rings is 2. The number of aromatic hydroxyl groups is 2. The van der Waals surface area contributed by atoms with Crippen LogP contribution in [-0.2, 0) is 0 Å². The van der Waals surface area contributed by atoms with Crippen LogP contribution >= 0.6 is 0 Å². The Balaban J connectivity index is 1.59. The second-order valence-corrected chi connectivity index (χ2v) is 5.79. The average molecular weight is 308 g/mol. The Bertz CT molecular complexity index is 663. The van der Waals surface area contributed by atoms with Crippen LogP contribution in [0.2, 0.25) is 0 Å². The molecule has 1 aliphatic rings.